The van der Waals surface area contributed by atoms with Gasteiger partial charge in [-0.1, -0.05) is 6.92 Å². The van der Waals surface area contributed by atoms with Gasteiger partial charge in [0, 0.05) is 24.7 Å². The molecule has 120 valence electrons. The third-order valence-corrected chi connectivity index (χ3v) is 5.24. The molecule has 4 atom stereocenters. The van der Waals surface area contributed by atoms with Crippen LogP contribution in [-0.4, -0.2) is 61.8 Å². The summed E-state index contributed by atoms with van der Waals surface area (Å²) >= 11 is 0. The lowest BCUT2D eigenvalue weighted by Crippen LogP contribution is -2.51. The highest BCUT2D eigenvalue weighted by Crippen LogP contribution is 2.27. The summed E-state index contributed by atoms with van der Waals surface area (Å²) in [4.78, 5) is 15.1. The van der Waals surface area contributed by atoms with E-state index in [0.717, 1.165) is 32.4 Å². The maximum Gasteiger partial charge on any atom is 0.227 e. The number of piperidine rings is 1. The zero-order chi connectivity index (χ0) is 14.7. The van der Waals surface area contributed by atoms with Crippen LogP contribution in [0.2, 0.25) is 0 Å². The molecule has 0 aromatic rings. The number of rotatable bonds is 5. The quantitative estimate of drug-likeness (QED) is 0.786. The zero-order valence-corrected chi connectivity index (χ0v) is 13.1. The minimum absolute atomic E-state index is 0.0156. The summed E-state index contributed by atoms with van der Waals surface area (Å²) in [6.45, 7) is 6.74. The number of nitrogens with zero attached hydrogens (tertiary/aromatic N) is 1. The van der Waals surface area contributed by atoms with Gasteiger partial charge in [0.05, 0.1) is 19.1 Å². The summed E-state index contributed by atoms with van der Waals surface area (Å²) in [5.74, 6) is 0.177. The fraction of sp³-hybridized carbons (Fsp3) is 0.938. The van der Waals surface area contributed by atoms with E-state index in [9.17, 15) is 4.79 Å². The Kier molecular flexibility index (Phi) is 5.14. The number of nitrogens with one attached hydrogen (secondary N) is 2. The first kappa shape index (κ1) is 15.3. The summed E-state index contributed by atoms with van der Waals surface area (Å²) in [5, 5.41) is 6.74. The predicted octanol–water partition coefficient (Wildman–Crippen LogP) is 0.744. The molecule has 4 unspecified atom stereocenters. The molecule has 3 heterocycles. The van der Waals surface area contributed by atoms with Crippen LogP contribution < -0.4 is 10.6 Å². The van der Waals surface area contributed by atoms with E-state index >= 15 is 0 Å². The van der Waals surface area contributed by atoms with Crippen LogP contribution in [0.15, 0.2) is 0 Å². The van der Waals surface area contributed by atoms with Gasteiger partial charge >= 0.3 is 0 Å². The second kappa shape index (κ2) is 7.07. The summed E-state index contributed by atoms with van der Waals surface area (Å²) in [5.41, 5.74) is 0. The Bertz CT molecular complexity index is 363. The van der Waals surface area contributed by atoms with Crippen LogP contribution in [0, 0.1) is 5.92 Å². The first-order chi connectivity index (χ1) is 10.3. The van der Waals surface area contributed by atoms with Crippen molar-refractivity contribution in [3.63, 3.8) is 0 Å². The molecule has 0 aromatic carbocycles. The van der Waals surface area contributed by atoms with Crippen molar-refractivity contribution in [1.29, 1.82) is 0 Å². The molecule has 3 aliphatic heterocycles. The molecule has 0 spiro atoms. The molecule has 0 bridgehead atoms. The van der Waals surface area contributed by atoms with Gasteiger partial charge in [-0.25, -0.2) is 0 Å². The summed E-state index contributed by atoms with van der Waals surface area (Å²) in [6, 6.07) is 1.26. The number of hydrogen-bond acceptors (Lipinski definition) is 4. The van der Waals surface area contributed by atoms with E-state index in [2.05, 4.69) is 22.5 Å². The van der Waals surface area contributed by atoms with Crippen LogP contribution in [0.1, 0.15) is 39.0 Å². The fourth-order valence-corrected chi connectivity index (χ4v) is 4.01. The molecule has 2 N–H and O–H groups in total. The van der Waals surface area contributed by atoms with Crippen molar-refractivity contribution in [3.8, 4) is 0 Å². The van der Waals surface area contributed by atoms with Gasteiger partial charge in [-0.05, 0) is 45.2 Å². The Morgan fingerprint density at radius 3 is 3.05 bits per heavy atom. The molecular formula is C16H29N3O2. The summed E-state index contributed by atoms with van der Waals surface area (Å²) in [7, 11) is 0. The van der Waals surface area contributed by atoms with Gasteiger partial charge in [-0.3, -0.25) is 4.79 Å². The van der Waals surface area contributed by atoms with Crippen molar-refractivity contribution in [2.24, 2.45) is 5.92 Å². The molecule has 3 fully saturated rings. The predicted molar refractivity (Wildman–Crippen MR) is 82.2 cm³/mol. The molecule has 0 radical (unpaired) electrons. The van der Waals surface area contributed by atoms with Gasteiger partial charge in [0.2, 0.25) is 5.91 Å². The highest BCUT2D eigenvalue weighted by Gasteiger charge is 2.37. The number of fused-ring (bicyclic) bond motifs is 1. The largest absolute Gasteiger partial charge is 0.379 e. The lowest BCUT2D eigenvalue weighted by molar-refractivity contribution is -0.126. The Morgan fingerprint density at radius 2 is 2.19 bits per heavy atom. The van der Waals surface area contributed by atoms with Crippen molar-refractivity contribution in [1.82, 2.24) is 15.5 Å². The van der Waals surface area contributed by atoms with Gasteiger partial charge < -0.3 is 20.3 Å². The van der Waals surface area contributed by atoms with E-state index < -0.39 is 0 Å². The first-order valence-corrected chi connectivity index (χ1v) is 8.63. The van der Waals surface area contributed by atoms with Gasteiger partial charge in [-0.15, -0.1) is 0 Å². The van der Waals surface area contributed by atoms with Crippen LogP contribution in [0.4, 0.5) is 0 Å². The average molecular weight is 295 g/mol. The van der Waals surface area contributed by atoms with Crippen LogP contribution in [0.5, 0.6) is 0 Å². The van der Waals surface area contributed by atoms with Gasteiger partial charge in [-0.2, -0.15) is 0 Å². The van der Waals surface area contributed by atoms with Gasteiger partial charge in [0.25, 0.3) is 0 Å². The standard InChI is InChI=1S/C16H29N3O2/c1-2-6-17-15-11-21-10-14(15)16(20)18-12-5-8-19-7-3-4-13(19)9-12/h12-15,17H,2-11H2,1H3,(H,18,20). The molecule has 3 saturated heterocycles. The highest BCUT2D eigenvalue weighted by atomic mass is 16.5. The highest BCUT2D eigenvalue weighted by molar-refractivity contribution is 5.80. The molecule has 5 nitrogen and oxygen atoms in total. The number of ether oxygens (including phenoxy) is 1. The van der Waals surface area contributed by atoms with Crippen molar-refractivity contribution in [2.45, 2.75) is 57.2 Å². The molecule has 5 heteroatoms. The molecule has 1 amide bonds. The third kappa shape index (κ3) is 3.58. The van der Waals surface area contributed by atoms with E-state index in [0.29, 0.717) is 25.3 Å². The van der Waals surface area contributed by atoms with E-state index in [1.54, 1.807) is 0 Å². The smallest absolute Gasteiger partial charge is 0.227 e. The van der Waals surface area contributed by atoms with E-state index in [1.165, 1.54) is 19.4 Å². The van der Waals surface area contributed by atoms with Crippen LogP contribution >= 0.6 is 0 Å². The molecular weight excluding hydrogens is 266 g/mol. The molecule has 0 saturated carbocycles. The maximum absolute atomic E-state index is 12.5. The lowest BCUT2D eigenvalue weighted by Gasteiger charge is -2.35. The third-order valence-electron chi connectivity index (χ3n) is 5.24. The van der Waals surface area contributed by atoms with Crippen LogP contribution in [0.3, 0.4) is 0 Å². The minimum Gasteiger partial charge on any atom is -0.379 e. The molecule has 3 rings (SSSR count). The number of amides is 1. The fourth-order valence-electron chi connectivity index (χ4n) is 4.01. The van der Waals surface area contributed by atoms with Gasteiger partial charge in [0.1, 0.15) is 0 Å². The summed E-state index contributed by atoms with van der Waals surface area (Å²) < 4.78 is 5.51. The normalized spacial score (nSPS) is 36.6. The Labute approximate surface area is 127 Å². The molecule has 0 aromatic heterocycles. The number of carbonyl (C=O) groups is 1. The molecule has 3 aliphatic rings. The number of carbonyl (C=O) groups excluding carboxylic acids is 1. The van der Waals surface area contributed by atoms with Crippen LogP contribution in [-0.2, 0) is 9.53 Å². The average Bonchev–Trinajstić information content (AvgIpc) is 3.13. The Balaban J connectivity index is 1.49. The number of hydrogen-bond donors (Lipinski definition) is 2. The van der Waals surface area contributed by atoms with Crippen molar-refractivity contribution in [3.05, 3.63) is 0 Å². The van der Waals surface area contributed by atoms with Crippen molar-refractivity contribution >= 4 is 5.91 Å². The van der Waals surface area contributed by atoms with E-state index in [4.69, 9.17) is 4.74 Å². The maximum atomic E-state index is 12.5. The molecule has 0 aliphatic carbocycles. The Hall–Kier alpha value is -0.650. The van der Waals surface area contributed by atoms with Crippen LogP contribution in [0.25, 0.3) is 0 Å². The summed E-state index contributed by atoms with van der Waals surface area (Å²) in [6.07, 6.45) is 5.95. The Morgan fingerprint density at radius 1 is 1.29 bits per heavy atom. The minimum atomic E-state index is -0.0156. The second-order valence-corrected chi connectivity index (χ2v) is 6.77. The van der Waals surface area contributed by atoms with E-state index in [-0.39, 0.29) is 17.9 Å². The topological polar surface area (TPSA) is 53.6 Å². The molecule has 21 heavy (non-hydrogen) atoms. The van der Waals surface area contributed by atoms with Gasteiger partial charge in [0.15, 0.2) is 0 Å². The van der Waals surface area contributed by atoms with E-state index in [1.807, 2.05) is 0 Å². The van der Waals surface area contributed by atoms with Crippen molar-refractivity contribution < 1.29 is 9.53 Å². The second-order valence-electron chi connectivity index (χ2n) is 6.77. The zero-order valence-electron chi connectivity index (χ0n) is 13.1. The monoisotopic (exact) mass is 295 g/mol. The lowest BCUT2D eigenvalue weighted by atomic mass is 9.96. The SMILES string of the molecule is CCCNC1COCC1C(=O)NC1CCN2CCCC2C1. The first-order valence-electron chi connectivity index (χ1n) is 8.63. The van der Waals surface area contributed by atoms with Crippen molar-refractivity contribution in [2.75, 3.05) is 32.8 Å².